The van der Waals surface area contributed by atoms with E-state index in [0.717, 1.165) is 25.1 Å². The average molecular weight is 332 g/mol. The van der Waals surface area contributed by atoms with Gasteiger partial charge in [0.15, 0.2) is 0 Å². The highest BCUT2D eigenvalue weighted by molar-refractivity contribution is 5.90. The number of hydrogen-bond acceptors (Lipinski definition) is 2. The van der Waals surface area contributed by atoms with Crippen molar-refractivity contribution >= 4 is 10.9 Å². The molecule has 2 aliphatic heterocycles. The molecule has 25 heavy (non-hydrogen) atoms. The molecule has 0 fully saturated rings. The van der Waals surface area contributed by atoms with Gasteiger partial charge in [-0.3, -0.25) is 0 Å². The molecule has 5 rings (SSSR count). The fraction of sp³-hybridized carbons (Fsp3) is 0.364. The molecule has 3 nitrogen and oxygen atoms in total. The van der Waals surface area contributed by atoms with E-state index in [-0.39, 0.29) is 0 Å². The molecule has 128 valence electrons. The van der Waals surface area contributed by atoms with Crippen LogP contribution in [0.4, 0.5) is 0 Å². The molecule has 1 N–H and O–H groups in total. The van der Waals surface area contributed by atoms with Gasteiger partial charge < -0.3 is 14.6 Å². The Morgan fingerprint density at radius 3 is 2.72 bits per heavy atom. The largest absolute Gasteiger partial charge is 0.383 e. The number of nitrogens with zero attached hydrogens (tertiary/aromatic N) is 2. The van der Waals surface area contributed by atoms with E-state index in [1.54, 1.807) is 0 Å². The monoisotopic (exact) mass is 332 g/mol. The third-order valence-corrected chi connectivity index (χ3v) is 5.97. The van der Waals surface area contributed by atoms with Gasteiger partial charge in [-0.2, -0.15) is 0 Å². The Kier molecular flexibility index (Phi) is 3.16. The zero-order chi connectivity index (χ0) is 17.2. The van der Waals surface area contributed by atoms with Crippen molar-refractivity contribution in [1.82, 2.24) is 9.47 Å². The predicted molar refractivity (Wildman–Crippen MR) is 101 cm³/mol. The molecular formula is C22H24N2O. The van der Waals surface area contributed by atoms with Crippen LogP contribution in [-0.2, 0) is 31.5 Å². The van der Waals surface area contributed by atoms with E-state index in [4.69, 9.17) is 0 Å². The fourth-order valence-corrected chi connectivity index (χ4v) is 4.85. The summed E-state index contributed by atoms with van der Waals surface area (Å²) < 4.78 is 2.42. The zero-order valence-corrected chi connectivity index (χ0v) is 14.9. The van der Waals surface area contributed by atoms with Crippen LogP contribution in [0.15, 0.2) is 42.5 Å². The minimum Gasteiger partial charge on any atom is -0.383 e. The first kappa shape index (κ1) is 15.2. The summed E-state index contributed by atoms with van der Waals surface area (Å²) in [5.74, 6) is 0. The molecule has 0 radical (unpaired) electrons. The van der Waals surface area contributed by atoms with Crippen LogP contribution < -0.4 is 0 Å². The summed E-state index contributed by atoms with van der Waals surface area (Å²) in [4.78, 5) is 2.40. The van der Waals surface area contributed by atoms with Crippen molar-refractivity contribution in [3.05, 3.63) is 70.4 Å². The van der Waals surface area contributed by atoms with E-state index in [0.29, 0.717) is 13.0 Å². The third-order valence-electron chi connectivity index (χ3n) is 5.97. The van der Waals surface area contributed by atoms with Crippen molar-refractivity contribution in [1.29, 1.82) is 0 Å². The summed E-state index contributed by atoms with van der Waals surface area (Å²) in [7, 11) is 2.20. The summed E-state index contributed by atoms with van der Waals surface area (Å²) in [6.07, 6.45) is 1.75. The number of benzene rings is 2. The SMILES string of the molecule is Cc1cc2c3c(c1)c1c(n3CC(O)(c3ccccc3)C2)CCN(C)C1. The van der Waals surface area contributed by atoms with Gasteiger partial charge in [0, 0.05) is 37.0 Å². The lowest BCUT2D eigenvalue weighted by Crippen LogP contribution is -2.38. The first-order chi connectivity index (χ1) is 12.0. The molecule has 1 unspecified atom stereocenters. The van der Waals surface area contributed by atoms with Crippen molar-refractivity contribution in [3.63, 3.8) is 0 Å². The number of rotatable bonds is 1. The van der Waals surface area contributed by atoms with Crippen LogP contribution in [0.5, 0.6) is 0 Å². The van der Waals surface area contributed by atoms with Gasteiger partial charge in [-0.05, 0) is 36.7 Å². The van der Waals surface area contributed by atoms with Crippen LogP contribution in [0.25, 0.3) is 10.9 Å². The number of aromatic nitrogens is 1. The normalized spacial score (nSPS) is 23.0. The van der Waals surface area contributed by atoms with Crippen LogP contribution in [-0.4, -0.2) is 28.2 Å². The van der Waals surface area contributed by atoms with Crippen molar-refractivity contribution in [2.75, 3.05) is 13.6 Å². The third kappa shape index (κ3) is 2.19. The Balaban J connectivity index is 1.76. The van der Waals surface area contributed by atoms with Gasteiger partial charge in [0.2, 0.25) is 0 Å². The maximum absolute atomic E-state index is 11.6. The Morgan fingerprint density at radius 2 is 1.92 bits per heavy atom. The van der Waals surface area contributed by atoms with E-state index >= 15 is 0 Å². The molecule has 3 aromatic rings. The second kappa shape index (κ2) is 5.20. The first-order valence-electron chi connectivity index (χ1n) is 9.15. The van der Waals surface area contributed by atoms with Crippen LogP contribution >= 0.6 is 0 Å². The van der Waals surface area contributed by atoms with Crippen LogP contribution in [0.2, 0.25) is 0 Å². The van der Waals surface area contributed by atoms with E-state index in [9.17, 15) is 5.11 Å². The van der Waals surface area contributed by atoms with Crippen molar-refractivity contribution in [2.45, 2.75) is 38.5 Å². The summed E-state index contributed by atoms with van der Waals surface area (Å²) in [5.41, 5.74) is 7.00. The lowest BCUT2D eigenvalue weighted by atomic mass is 9.84. The first-order valence-corrected chi connectivity index (χ1v) is 9.15. The maximum atomic E-state index is 11.6. The van der Waals surface area contributed by atoms with Crippen LogP contribution in [0.1, 0.15) is 27.9 Å². The molecule has 1 aromatic heterocycles. The highest BCUT2D eigenvalue weighted by atomic mass is 16.3. The number of likely N-dealkylation sites (N-methyl/N-ethyl adjacent to an activating group) is 1. The van der Waals surface area contributed by atoms with Gasteiger partial charge in [0.1, 0.15) is 5.60 Å². The lowest BCUT2D eigenvalue weighted by Gasteiger charge is -2.35. The summed E-state index contributed by atoms with van der Waals surface area (Å²) in [6, 6.07) is 14.8. The molecule has 0 spiro atoms. The van der Waals surface area contributed by atoms with E-state index in [1.807, 2.05) is 18.2 Å². The summed E-state index contributed by atoms with van der Waals surface area (Å²) in [5, 5.41) is 13.0. The Morgan fingerprint density at radius 1 is 1.12 bits per heavy atom. The van der Waals surface area contributed by atoms with Gasteiger partial charge in [-0.1, -0.05) is 42.0 Å². The molecule has 0 bridgehead atoms. The van der Waals surface area contributed by atoms with E-state index in [2.05, 4.69) is 47.7 Å². The number of aryl methyl sites for hydroxylation is 1. The fourth-order valence-electron chi connectivity index (χ4n) is 4.85. The molecular weight excluding hydrogens is 308 g/mol. The highest BCUT2D eigenvalue weighted by Crippen LogP contribution is 2.41. The predicted octanol–water partition coefficient (Wildman–Crippen LogP) is 3.38. The van der Waals surface area contributed by atoms with Crippen molar-refractivity contribution in [3.8, 4) is 0 Å². The summed E-state index contributed by atoms with van der Waals surface area (Å²) >= 11 is 0. The van der Waals surface area contributed by atoms with Gasteiger partial charge in [-0.25, -0.2) is 0 Å². The number of hydrogen-bond donors (Lipinski definition) is 1. The molecule has 2 aliphatic rings. The van der Waals surface area contributed by atoms with Gasteiger partial charge >= 0.3 is 0 Å². The molecule has 2 aromatic carbocycles. The minimum atomic E-state index is -0.828. The molecule has 3 heterocycles. The lowest BCUT2D eigenvalue weighted by molar-refractivity contribution is 0.0148. The maximum Gasteiger partial charge on any atom is 0.112 e. The topological polar surface area (TPSA) is 28.4 Å². The summed E-state index contributed by atoms with van der Waals surface area (Å²) in [6.45, 7) is 4.91. The number of fused-ring (bicyclic) bond motifs is 3. The quantitative estimate of drug-likeness (QED) is 0.740. The Labute approximate surface area is 148 Å². The second-order valence-electron chi connectivity index (χ2n) is 7.89. The molecule has 0 aliphatic carbocycles. The molecule has 3 heteroatoms. The zero-order valence-electron chi connectivity index (χ0n) is 14.9. The highest BCUT2D eigenvalue weighted by Gasteiger charge is 2.38. The smallest absolute Gasteiger partial charge is 0.112 e. The Bertz CT molecular complexity index is 973. The van der Waals surface area contributed by atoms with Gasteiger partial charge in [0.25, 0.3) is 0 Å². The van der Waals surface area contributed by atoms with Crippen molar-refractivity contribution < 1.29 is 5.11 Å². The molecule has 1 atom stereocenters. The second-order valence-corrected chi connectivity index (χ2v) is 7.89. The minimum absolute atomic E-state index is 0.655. The molecule has 0 saturated carbocycles. The van der Waals surface area contributed by atoms with Crippen LogP contribution in [0.3, 0.4) is 0 Å². The van der Waals surface area contributed by atoms with E-state index < -0.39 is 5.60 Å². The average Bonchev–Trinajstić information content (AvgIpc) is 2.89. The van der Waals surface area contributed by atoms with Gasteiger partial charge in [-0.15, -0.1) is 0 Å². The Hall–Kier alpha value is -2.10. The van der Waals surface area contributed by atoms with E-state index in [1.165, 1.54) is 33.3 Å². The van der Waals surface area contributed by atoms with Gasteiger partial charge in [0.05, 0.1) is 12.1 Å². The number of aliphatic hydroxyl groups is 1. The van der Waals surface area contributed by atoms with Crippen LogP contribution in [0, 0.1) is 6.92 Å². The standard InChI is InChI=1S/C22H24N2O/c1-15-10-16-12-22(25,17-6-4-3-5-7-17)14-24-20-8-9-23(2)13-19(20)18(11-15)21(16)24/h3-7,10-11,25H,8-9,12-14H2,1-2H3. The molecule has 0 amide bonds. The molecule has 0 saturated heterocycles. The van der Waals surface area contributed by atoms with Crippen molar-refractivity contribution in [2.24, 2.45) is 0 Å².